The molecule has 1 N–H and O–H groups in total. The quantitative estimate of drug-likeness (QED) is 0.541. The fourth-order valence-electron chi connectivity index (χ4n) is 3.13. The lowest BCUT2D eigenvalue weighted by atomic mass is 10.1. The fourth-order valence-corrected chi connectivity index (χ4v) is 4.17. The molecule has 0 bridgehead atoms. The van der Waals surface area contributed by atoms with Crippen LogP contribution in [-0.4, -0.2) is 22.3 Å². The van der Waals surface area contributed by atoms with Gasteiger partial charge in [0.25, 0.3) is 11.1 Å². The van der Waals surface area contributed by atoms with Crippen LogP contribution in [-0.2, 0) is 11.3 Å². The highest BCUT2D eigenvalue weighted by Crippen LogP contribution is 2.31. The molecule has 5 nitrogen and oxygen atoms in total. The van der Waals surface area contributed by atoms with Crippen molar-refractivity contribution in [1.29, 1.82) is 0 Å². The summed E-state index contributed by atoms with van der Waals surface area (Å²) in [4.78, 5) is 23.7. The number of ether oxygens (including phenoxy) is 1. The van der Waals surface area contributed by atoms with Crippen LogP contribution >= 0.6 is 27.7 Å². The number of carbonyl (C=O) groups excluding carboxylic acids is 2. The van der Waals surface area contributed by atoms with Gasteiger partial charge in [0.2, 0.25) is 0 Å². The zero-order valence-electron chi connectivity index (χ0n) is 15.1. The Morgan fingerprint density at radius 1 is 1.21 bits per heavy atom. The molecule has 1 fully saturated rings. The third-order valence-corrected chi connectivity index (χ3v) is 5.79. The molecule has 0 aliphatic carbocycles. The molecule has 0 atom stereocenters. The van der Waals surface area contributed by atoms with Gasteiger partial charge < -0.3 is 9.30 Å². The van der Waals surface area contributed by atoms with Crippen molar-refractivity contribution >= 4 is 55.8 Å². The molecule has 2 heterocycles. The first-order valence-electron chi connectivity index (χ1n) is 8.73. The summed E-state index contributed by atoms with van der Waals surface area (Å²) in [5.74, 6) is 0.523. The van der Waals surface area contributed by atoms with E-state index in [4.69, 9.17) is 4.74 Å². The number of nitrogens with one attached hydrogen (secondary N) is 1. The lowest BCUT2D eigenvalue weighted by Crippen LogP contribution is -2.17. The van der Waals surface area contributed by atoms with Gasteiger partial charge in [-0.1, -0.05) is 34.1 Å². The van der Waals surface area contributed by atoms with Crippen LogP contribution in [0.3, 0.4) is 0 Å². The van der Waals surface area contributed by atoms with Crippen LogP contribution in [0, 0.1) is 6.92 Å². The normalized spacial score (nSPS) is 15.4. The molecule has 2 aromatic carbocycles. The van der Waals surface area contributed by atoms with E-state index in [1.54, 1.807) is 6.08 Å². The predicted octanol–water partition coefficient (Wildman–Crippen LogP) is 5.12. The third kappa shape index (κ3) is 3.86. The number of aromatic nitrogens is 1. The number of carbonyl (C=O) groups is 2. The van der Waals surface area contributed by atoms with Crippen molar-refractivity contribution in [2.45, 2.75) is 13.5 Å². The van der Waals surface area contributed by atoms with Crippen LogP contribution in [0.15, 0.2) is 58.0 Å². The predicted molar refractivity (Wildman–Crippen MR) is 115 cm³/mol. The Morgan fingerprint density at radius 3 is 2.79 bits per heavy atom. The lowest BCUT2D eigenvalue weighted by molar-refractivity contribution is -0.115. The molecule has 1 aliphatic rings. The van der Waals surface area contributed by atoms with E-state index in [1.807, 2.05) is 55.6 Å². The Bertz CT molecular complexity index is 1120. The van der Waals surface area contributed by atoms with Gasteiger partial charge in [-0.25, -0.2) is 0 Å². The van der Waals surface area contributed by atoms with Gasteiger partial charge in [0.05, 0.1) is 11.4 Å². The second-order valence-electron chi connectivity index (χ2n) is 6.41. The molecule has 142 valence electrons. The van der Waals surface area contributed by atoms with E-state index in [0.717, 1.165) is 44.0 Å². The van der Waals surface area contributed by atoms with Crippen LogP contribution in [0.25, 0.3) is 17.0 Å². The average Bonchev–Trinajstić information content (AvgIpc) is 3.16. The number of imide groups is 1. The molecule has 1 aromatic heterocycles. The highest BCUT2D eigenvalue weighted by atomic mass is 79.9. The molecule has 0 unspecified atom stereocenters. The number of aryl methyl sites for hydroxylation is 1. The molecule has 4 rings (SSSR count). The van der Waals surface area contributed by atoms with Crippen molar-refractivity contribution in [2.75, 3.05) is 6.61 Å². The maximum atomic E-state index is 11.9. The molecule has 1 saturated heterocycles. The van der Waals surface area contributed by atoms with Gasteiger partial charge in [0.1, 0.15) is 12.4 Å². The van der Waals surface area contributed by atoms with Gasteiger partial charge in [0, 0.05) is 27.1 Å². The summed E-state index contributed by atoms with van der Waals surface area (Å²) in [7, 11) is 0. The maximum absolute atomic E-state index is 11.9. The van der Waals surface area contributed by atoms with Crippen LogP contribution < -0.4 is 10.1 Å². The number of thioether (sulfide) groups is 1. The van der Waals surface area contributed by atoms with E-state index in [9.17, 15) is 9.59 Å². The van der Waals surface area contributed by atoms with Crippen molar-refractivity contribution in [3.8, 4) is 5.75 Å². The number of hydrogen-bond donors (Lipinski definition) is 1. The summed E-state index contributed by atoms with van der Waals surface area (Å²) in [6.45, 7) is 3.20. The minimum Gasteiger partial charge on any atom is -0.491 e. The van der Waals surface area contributed by atoms with Crippen molar-refractivity contribution in [3.63, 3.8) is 0 Å². The number of rotatable bonds is 5. The number of benzene rings is 2. The first kappa shape index (κ1) is 18.8. The molecular weight excluding hydrogens is 440 g/mol. The summed E-state index contributed by atoms with van der Waals surface area (Å²) in [5, 5.41) is 2.96. The number of fused-ring (bicyclic) bond motifs is 1. The second-order valence-corrected chi connectivity index (χ2v) is 8.34. The molecule has 28 heavy (non-hydrogen) atoms. The zero-order chi connectivity index (χ0) is 19.7. The summed E-state index contributed by atoms with van der Waals surface area (Å²) in [6, 6.07) is 14.0. The van der Waals surface area contributed by atoms with Gasteiger partial charge in [-0.05, 0) is 54.6 Å². The van der Waals surface area contributed by atoms with Gasteiger partial charge in [0.15, 0.2) is 0 Å². The molecular formula is C21H17BrN2O3S. The molecule has 2 amide bonds. The third-order valence-electron chi connectivity index (χ3n) is 4.49. The van der Waals surface area contributed by atoms with E-state index >= 15 is 0 Å². The number of amides is 2. The first-order chi connectivity index (χ1) is 13.5. The monoisotopic (exact) mass is 456 g/mol. The standard InChI is InChI=1S/C21H17BrN2O3S/c1-13-4-2-3-5-18(13)27-9-8-24-12-14(10-19-20(25)23-21(26)28-19)16-11-15(22)6-7-17(16)24/h2-7,10-12H,8-9H2,1H3,(H,23,25,26)/b19-10-. The van der Waals surface area contributed by atoms with Crippen molar-refractivity contribution in [1.82, 2.24) is 9.88 Å². The molecule has 0 spiro atoms. The Balaban J connectivity index is 1.62. The zero-order valence-corrected chi connectivity index (χ0v) is 17.5. The second kappa shape index (κ2) is 7.85. The number of halogens is 1. The van der Waals surface area contributed by atoms with Crippen molar-refractivity contribution in [2.24, 2.45) is 0 Å². The molecule has 3 aromatic rings. The summed E-state index contributed by atoms with van der Waals surface area (Å²) < 4.78 is 8.98. The van der Waals surface area contributed by atoms with E-state index < -0.39 is 0 Å². The van der Waals surface area contributed by atoms with Crippen LogP contribution in [0.4, 0.5) is 4.79 Å². The number of hydrogen-bond acceptors (Lipinski definition) is 4. The molecule has 1 aliphatic heterocycles. The summed E-state index contributed by atoms with van der Waals surface area (Å²) >= 11 is 4.43. The Kier molecular flexibility index (Phi) is 5.28. The van der Waals surface area contributed by atoms with Crippen LogP contribution in [0.2, 0.25) is 0 Å². The minimum atomic E-state index is -0.353. The minimum absolute atomic E-state index is 0.340. The number of para-hydroxylation sites is 1. The first-order valence-corrected chi connectivity index (χ1v) is 10.3. The van der Waals surface area contributed by atoms with Gasteiger partial charge >= 0.3 is 0 Å². The van der Waals surface area contributed by atoms with Crippen molar-refractivity contribution < 1.29 is 14.3 Å². The largest absolute Gasteiger partial charge is 0.491 e. The summed E-state index contributed by atoms with van der Waals surface area (Å²) in [6.07, 6.45) is 3.75. The lowest BCUT2D eigenvalue weighted by Gasteiger charge is -2.10. The molecule has 0 radical (unpaired) electrons. The Morgan fingerprint density at radius 2 is 2.04 bits per heavy atom. The Hall–Kier alpha value is -2.51. The van der Waals surface area contributed by atoms with Gasteiger partial charge in [-0.3, -0.25) is 14.9 Å². The molecule has 7 heteroatoms. The van der Waals surface area contributed by atoms with E-state index in [2.05, 4.69) is 25.8 Å². The smallest absolute Gasteiger partial charge is 0.290 e. The fraction of sp³-hybridized carbons (Fsp3) is 0.143. The highest BCUT2D eigenvalue weighted by Gasteiger charge is 2.25. The van der Waals surface area contributed by atoms with Crippen molar-refractivity contribution in [3.05, 3.63) is 69.2 Å². The van der Waals surface area contributed by atoms with Gasteiger partial charge in [-0.15, -0.1) is 0 Å². The van der Waals surface area contributed by atoms with Crippen LogP contribution in [0.5, 0.6) is 5.75 Å². The highest BCUT2D eigenvalue weighted by molar-refractivity contribution is 9.10. The van der Waals surface area contributed by atoms with Gasteiger partial charge in [-0.2, -0.15) is 0 Å². The van der Waals surface area contributed by atoms with E-state index in [1.165, 1.54) is 0 Å². The van der Waals surface area contributed by atoms with Crippen LogP contribution in [0.1, 0.15) is 11.1 Å². The van der Waals surface area contributed by atoms with E-state index in [0.29, 0.717) is 18.1 Å². The van der Waals surface area contributed by atoms with E-state index in [-0.39, 0.29) is 11.1 Å². The maximum Gasteiger partial charge on any atom is 0.290 e. The summed E-state index contributed by atoms with van der Waals surface area (Å²) in [5.41, 5.74) is 3.03. The SMILES string of the molecule is Cc1ccccc1OCCn1cc(/C=C2\SC(=O)NC2=O)c2cc(Br)ccc21. The molecule has 0 saturated carbocycles. The number of nitrogens with zero attached hydrogens (tertiary/aromatic N) is 1. The average molecular weight is 457 g/mol. The Labute approximate surface area is 174 Å². The topological polar surface area (TPSA) is 60.3 Å².